The monoisotopic (exact) mass is 266 g/mol. The van der Waals surface area contributed by atoms with Gasteiger partial charge in [0.15, 0.2) is 5.82 Å². The van der Waals surface area contributed by atoms with Crippen LogP contribution in [0.5, 0.6) is 0 Å². The summed E-state index contributed by atoms with van der Waals surface area (Å²) in [5, 5.41) is 7.50. The number of aromatic nitrogens is 2. The van der Waals surface area contributed by atoms with Crippen LogP contribution in [0.4, 0.5) is 0 Å². The lowest BCUT2D eigenvalue weighted by Crippen LogP contribution is -2.57. The molecule has 1 aromatic heterocycles. The molecule has 0 aliphatic carbocycles. The van der Waals surface area contributed by atoms with Crippen molar-refractivity contribution in [1.29, 1.82) is 0 Å². The van der Waals surface area contributed by atoms with Gasteiger partial charge in [0.05, 0.1) is 0 Å². The Balaban J connectivity index is 1.86. The van der Waals surface area contributed by atoms with Gasteiger partial charge in [-0.1, -0.05) is 25.4 Å². The van der Waals surface area contributed by atoms with Crippen molar-refractivity contribution in [1.82, 2.24) is 20.4 Å². The Kier molecular flexibility index (Phi) is 4.93. The van der Waals surface area contributed by atoms with E-state index in [1.54, 1.807) is 0 Å². The maximum Gasteiger partial charge on any atom is 0.227 e. The number of nitrogens with zero attached hydrogens (tertiary/aromatic N) is 3. The van der Waals surface area contributed by atoms with E-state index in [0.29, 0.717) is 12.1 Å². The zero-order valence-corrected chi connectivity index (χ0v) is 12.5. The van der Waals surface area contributed by atoms with Gasteiger partial charge in [0.2, 0.25) is 5.89 Å². The minimum Gasteiger partial charge on any atom is -0.339 e. The fraction of sp³-hybridized carbons (Fsp3) is 0.857. The maximum atomic E-state index is 5.18. The minimum absolute atomic E-state index is 0.573. The van der Waals surface area contributed by atoms with Crippen molar-refractivity contribution in [3.05, 3.63) is 11.7 Å². The van der Waals surface area contributed by atoms with Crippen molar-refractivity contribution < 1.29 is 4.52 Å². The number of hydrogen-bond donors (Lipinski definition) is 1. The van der Waals surface area contributed by atoms with Crippen molar-refractivity contribution in [2.75, 3.05) is 19.6 Å². The average molecular weight is 266 g/mol. The normalized spacial score (nSPS) is 26.5. The van der Waals surface area contributed by atoms with Crippen molar-refractivity contribution in [2.45, 2.75) is 52.6 Å². The molecule has 1 aromatic rings. The standard InChI is InChI=1S/C14H26N4O/c1-5-10(2)13-9-18(11(3)8-15-13)7-6-14-16-12(4)17-19-14/h10-11,13,15H,5-9H2,1-4H3. The van der Waals surface area contributed by atoms with Crippen LogP contribution < -0.4 is 5.32 Å². The number of hydrogen-bond acceptors (Lipinski definition) is 5. The van der Waals surface area contributed by atoms with Crippen LogP contribution >= 0.6 is 0 Å². The van der Waals surface area contributed by atoms with Gasteiger partial charge in [0.1, 0.15) is 0 Å². The third-order valence-electron chi connectivity index (χ3n) is 4.24. The van der Waals surface area contributed by atoms with Crippen LogP contribution in [0.25, 0.3) is 0 Å². The summed E-state index contributed by atoms with van der Waals surface area (Å²) < 4.78 is 5.18. The summed E-state index contributed by atoms with van der Waals surface area (Å²) in [6, 6.07) is 1.18. The summed E-state index contributed by atoms with van der Waals surface area (Å²) in [4.78, 5) is 6.80. The van der Waals surface area contributed by atoms with E-state index in [4.69, 9.17) is 4.52 Å². The van der Waals surface area contributed by atoms with Gasteiger partial charge in [0.25, 0.3) is 0 Å². The molecular weight excluding hydrogens is 240 g/mol. The molecule has 3 atom stereocenters. The molecule has 1 saturated heterocycles. The molecule has 108 valence electrons. The molecule has 1 aliphatic heterocycles. The van der Waals surface area contributed by atoms with Gasteiger partial charge in [-0.25, -0.2) is 0 Å². The molecule has 0 amide bonds. The van der Waals surface area contributed by atoms with Crippen LogP contribution in [0.1, 0.15) is 38.9 Å². The molecular formula is C14H26N4O. The van der Waals surface area contributed by atoms with E-state index in [1.807, 2.05) is 6.92 Å². The molecule has 2 rings (SSSR count). The number of nitrogens with one attached hydrogen (secondary N) is 1. The van der Waals surface area contributed by atoms with E-state index in [2.05, 4.69) is 41.1 Å². The Morgan fingerprint density at radius 2 is 2.32 bits per heavy atom. The van der Waals surface area contributed by atoms with Gasteiger partial charge in [-0.3, -0.25) is 4.90 Å². The Morgan fingerprint density at radius 1 is 1.53 bits per heavy atom. The third-order valence-corrected chi connectivity index (χ3v) is 4.24. The second-order valence-corrected chi connectivity index (χ2v) is 5.73. The largest absolute Gasteiger partial charge is 0.339 e. The summed E-state index contributed by atoms with van der Waals surface area (Å²) in [6.07, 6.45) is 2.07. The topological polar surface area (TPSA) is 54.2 Å². The lowest BCUT2D eigenvalue weighted by atomic mass is 9.95. The molecule has 0 aromatic carbocycles. The summed E-state index contributed by atoms with van der Waals surface area (Å²) in [5.41, 5.74) is 0. The zero-order valence-electron chi connectivity index (χ0n) is 12.5. The molecule has 1 N–H and O–H groups in total. The second kappa shape index (κ2) is 6.48. The van der Waals surface area contributed by atoms with E-state index >= 15 is 0 Å². The summed E-state index contributed by atoms with van der Waals surface area (Å²) >= 11 is 0. The van der Waals surface area contributed by atoms with Crippen molar-refractivity contribution in [2.24, 2.45) is 5.92 Å². The van der Waals surface area contributed by atoms with E-state index in [9.17, 15) is 0 Å². The first-order valence-electron chi connectivity index (χ1n) is 7.36. The summed E-state index contributed by atoms with van der Waals surface area (Å²) in [7, 11) is 0. The van der Waals surface area contributed by atoms with Crippen molar-refractivity contribution >= 4 is 0 Å². The fourth-order valence-corrected chi connectivity index (χ4v) is 2.61. The van der Waals surface area contributed by atoms with Gasteiger partial charge in [-0.05, 0) is 19.8 Å². The van der Waals surface area contributed by atoms with Gasteiger partial charge in [-0.15, -0.1) is 0 Å². The number of rotatable bonds is 5. The first kappa shape index (κ1) is 14.5. The highest BCUT2D eigenvalue weighted by atomic mass is 16.5. The molecule has 3 unspecified atom stereocenters. The van der Waals surface area contributed by atoms with E-state index in [1.165, 1.54) is 6.42 Å². The molecule has 0 spiro atoms. The van der Waals surface area contributed by atoms with Crippen LogP contribution in [0.3, 0.4) is 0 Å². The minimum atomic E-state index is 0.573. The highest BCUT2D eigenvalue weighted by Gasteiger charge is 2.27. The lowest BCUT2D eigenvalue weighted by Gasteiger charge is -2.40. The first-order chi connectivity index (χ1) is 9.10. The molecule has 1 aliphatic rings. The van der Waals surface area contributed by atoms with Crippen LogP contribution in [-0.4, -0.2) is 46.8 Å². The highest BCUT2D eigenvalue weighted by molar-refractivity contribution is 4.89. The highest BCUT2D eigenvalue weighted by Crippen LogP contribution is 2.15. The van der Waals surface area contributed by atoms with Gasteiger partial charge in [-0.2, -0.15) is 4.98 Å². The SMILES string of the molecule is CCC(C)C1CN(CCc2nc(C)no2)C(C)CN1. The van der Waals surface area contributed by atoms with Crippen LogP contribution in [0.2, 0.25) is 0 Å². The van der Waals surface area contributed by atoms with Crippen LogP contribution in [-0.2, 0) is 6.42 Å². The Hall–Kier alpha value is -0.940. The molecule has 1 fully saturated rings. The average Bonchev–Trinajstić information content (AvgIpc) is 2.82. The Labute approximate surface area is 115 Å². The Morgan fingerprint density at radius 3 is 2.95 bits per heavy atom. The predicted molar refractivity (Wildman–Crippen MR) is 75.0 cm³/mol. The smallest absolute Gasteiger partial charge is 0.227 e. The van der Waals surface area contributed by atoms with Crippen molar-refractivity contribution in [3.63, 3.8) is 0 Å². The maximum absolute atomic E-state index is 5.18. The summed E-state index contributed by atoms with van der Waals surface area (Å²) in [6.45, 7) is 11.9. The van der Waals surface area contributed by atoms with E-state index in [0.717, 1.165) is 43.7 Å². The van der Waals surface area contributed by atoms with E-state index < -0.39 is 0 Å². The zero-order chi connectivity index (χ0) is 13.8. The molecule has 0 bridgehead atoms. The number of piperazine rings is 1. The fourth-order valence-electron chi connectivity index (χ4n) is 2.61. The van der Waals surface area contributed by atoms with E-state index in [-0.39, 0.29) is 0 Å². The second-order valence-electron chi connectivity index (χ2n) is 5.73. The summed E-state index contributed by atoms with van der Waals surface area (Å²) in [5.74, 6) is 2.20. The van der Waals surface area contributed by atoms with Gasteiger partial charge in [0, 0.05) is 38.1 Å². The van der Waals surface area contributed by atoms with Gasteiger partial charge < -0.3 is 9.84 Å². The quantitative estimate of drug-likeness (QED) is 0.878. The molecule has 5 heteroatoms. The molecule has 0 saturated carbocycles. The molecule has 0 radical (unpaired) electrons. The molecule has 19 heavy (non-hydrogen) atoms. The molecule has 2 heterocycles. The molecule has 5 nitrogen and oxygen atoms in total. The Bertz CT molecular complexity index is 393. The predicted octanol–water partition coefficient (Wildman–Crippen LogP) is 1.63. The lowest BCUT2D eigenvalue weighted by molar-refractivity contribution is 0.117. The third kappa shape index (κ3) is 3.76. The number of aryl methyl sites for hydroxylation is 1. The van der Waals surface area contributed by atoms with Crippen molar-refractivity contribution in [3.8, 4) is 0 Å². The first-order valence-corrected chi connectivity index (χ1v) is 7.36. The van der Waals surface area contributed by atoms with Gasteiger partial charge >= 0.3 is 0 Å². The van der Waals surface area contributed by atoms with Crippen LogP contribution in [0, 0.1) is 12.8 Å². The van der Waals surface area contributed by atoms with Crippen LogP contribution in [0.15, 0.2) is 4.52 Å².